The molecule has 0 bridgehead atoms. The van der Waals surface area contributed by atoms with Crippen LogP contribution in [0.3, 0.4) is 0 Å². The molecule has 3 nitrogen and oxygen atoms in total. The van der Waals surface area contributed by atoms with Crippen molar-refractivity contribution in [3.8, 4) is 0 Å². The molecule has 2 aliphatic carbocycles. The quantitative estimate of drug-likeness (QED) is 0.621. The molecule has 0 amide bonds. The van der Waals surface area contributed by atoms with Gasteiger partial charge >= 0.3 is 5.97 Å². The number of carbonyl (C=O) groups is 1. The molecule has 1 heterocycles. The maximum Gasteiger partial charge on any atom is 0.333 e. The Morgan fingerprint density at radius 3 is 2.74 bits per heavy atom. The van der Waals surface area contributed by atoms with Crippen molar-refractivity contribution in [1.29, 1.82) is 0 Å². The molecule has 1 fully saturated rings. The molecule has 3 aliphatic rings. The summed E-state index contributed by atoms with van der Waals surface area (Å²) >= 11 is 0. The van der Waals surface area contributed by atoms with Crippen molar-refractivity contribution >= 4 is 5.97 Å². The van der Waals surface area contributed by atoms with E-state index in [0.717, 1.165) is 18.4 Å². The largest absolute Gasteiger partial charge is 0.429 e. The van der Waals surface area contributed by atoms with E-state index < -0.39 is 12.3 Å². The van der Waals surface area contributed by atoms with Crippen molar-refractivity contribution in [1.82, 2.24) is 0 Å². The van der Waals surface area contributed by atoms with Crippen LogP contribution in [0.4, 0.5) is 0 Å². The molecule has 23 heavy (non-hydrogen) atoms. The smallest absolute Gasteiger partial charge is 0.333 e. The number of esters is 1. The highest BCUT2D eigenvalue weighted by atomic mass is 16.6. The Morgan fingerprint density at radius 2 is 2.09 bits per heavy atom. The van der Waals surface area contributed by atoms with Crippen molar-refractivity contribution < 1.29 is 14.6 Å². The van der Waals surface area contributed by atoms with Gasteiger partial charge in [-0.15, -0.1) is 0 Å². The van der Waals surface area contributed by atoms with Gasteiger partial charge in [-0.05, 0) is 68.1 Å². The van der Waals surface area contributed by atoms with Crippen LogP contribution in [0, 0.1) is 22.7 Å². The van der Waals surface area contributed by atoms with Crippen LogP contribution in [0.15, 0.2) is 23.3 Å². The Kier molecular flexibility index (Phi) is 4.20. The number of allylic oxidation sites excluding steroid dienone is 2. The van der Waals surface area contributed by atoms with E-state index in [1.165, 1.54) is 31.8 Å². The van der Waals surface area contributed by atoms with Crippen LogP contribution in [0.1, 0.15) is 66.2 Å². The minimum absolute atomic E-state index is 0.245. The molecular weight excluding hydrogens is 288 g/mol. The van der Waals surface area contributed by atoms with E-state index >= 15 is 0 Å². The Bertz CT molecular complexity index is 561. The summed E-state index contributed by atoms with van der Waals surface area (Å²) in [6.45, 7) is 9.57. The summed E-state index contributed by atoms with van der Waals surface area (Å²) < 4.78 is 4.83. The molecule has 0 aromatic rings. The number of carbonyl (C=O) groups excluding carboxylic acids is 1. The summed E-state index contributed by atoms with van der Waals surface area (Å²) in [5.41, 5.74) is 2.87. The summed E-state index contributed by atoms with van der Waals surface area (Å²) in [6, 6.07) is 0. The Balaban J connectivity index is 1.82. The van der Waals surface area contributed by atoms with E-state index in [-0.39, 0.29) is 5.41 Å². The highest BCUT2D eigenvalue weighted by Gasteiger charge is 2.53. The molecule has 0 saturated heterocycles. The van der Waals surface area contributed by atoms with Gasteiger partial charge in [-0.2, -0.15) is 0 Å². The van der Waals surface area contributed by atoms with Crippen molar-refractivity contribution in [3.63, 3.8) is 0 Å². The van der Waals surface area contributed by atoms with Crippen molar-refractivity contribution in [2.75, 3.05) is 0 Å². The average Bonchev–Trinajstić information content (AvgIpc) is 2.82. The minimum Gasteiger partial charge on any atom is -0.429 e. The third-order valence-corrected chi connectivity index (χ3v) is 7.39. The molecule has 0 spiro atoms. The maximum absolute atomic E-state index is 11.3. The first-order chi connectivity index (χ1) is 10.8. The van der Waals surface area contributed by atoms with Gasteiger partial charge in [0.05, 0.1) is 0 Å². The number of hydrogen-bond donors (Lipinski definition) is 1. The third-order valence-electron chi connectivity index (χ3n) is 7.39. The number of cyclic esters (lactones) is 1. The van der Waals surface area contributed by atoms with E-state index in [4.69, 9.17) is 4.74 Å². The highest BCUT2D eigenvalue weighted by Crippen LogP contribution is 2.61. The fraction of sp³-hybridized carbons (Fsp3) is 0.750. The van der Waals surface area contributed by atoms with E-state index in [1.807, 2.05) is 0 Å². The van der Waals surface area contributed by atoms with Crippen LogP contribution in [-0.2, 0) is 9.53 Å². The van der Waals surface area contributed by atoms with Gasteiger partial charge in [0.1, 0.15) is 0 Å². The summed E-state index contributed by atoms with van der Waals surface area (Å²) in [4.78, 5) is 11.3. The van der Waals surface area contributed by atoms with Gasteiger partial charge in [-0.25, -0.2) is 4.79 Å². The zero-order chi connectivity index (χ0) is 16.8. The summed E-state index contributed by atoms with van der Waals surface area (Å²) in [5.74, 6) is 0.942. The molecule has 0 aromatic carbocycles. The van der Waals surface area contributed by atoms with Crippen molar-refractivity contribution in [3.05, 3.63) is 23.3 Å². The fourth-order valence-electron chi connectivity index (χ4n) is 5.38. The Labute approximate surface area is 139 Å². The monoisotopic (exact) mass is 318 g/mol. The van der Waals surface area contributed by atoms with E-state index in [9.17, 15) is 9.90 Å². The second-order valence-electron chi connectivity index (χ2n) is 8.39. The van der Waals surface area contributed by atoms with Gasteiger partial charge in [-0.3, -0.25) is 0 Å². The first-order valence-corrected chi connectivity index (χ1v) is 9.04. The number of rotatable bonds is 3. The molecule has 1 aliphatic heterocycles. The molecule has 1 saturated carbocycles. The van der Waals surface area contributed by atoms with Crippen LogP contribution in [0.5, 0.6) is 0 Å². The van der Waals surface area contributed by atoms with Gasteiger partial charge in [-0.1, -0.05) is 32.4 Å². The predicted molar refractivity (Wildman–Crippen MR) is 90.5 cm³/mol. The fourth-order valence-corrected chi connectivity index (χ4v) is 5.38. The van der Waals surface area contributed by atoms with Crippen LogP contribution in [0.25, 0.3) is 0 Å². The molecule has 1 N–H and O–H groups in total. The SMILES string of the molecule is CC1=CCC[C@@H]2[C@@](C)(CCC3=CC(=O)O[C@H]3O)[C@H](C)CC[C@@]12C. The van der Waals surface area contributed by atoms with Gasteiger partial charge in [0.15, 0.2) is 0 Å². The molecular formula is C20H30O3. The lowest BCUT2D eigenvalue weighted by Gasteiger charge is -2.58. The minimum atomic E-state index is -1.02. The van der Waals surface area contributed by atoms with E-state index in [2.05, 4.69) is 33.8 Å². The maximum atomic E-state index is 11.3. The topological polar surface area (TPSA) is 46.5 Å². The van der Waals surface area contributed by atoms with E-state index in [0.29, 0.717) is 17.3 Å². The van der Waals surface area contributed by atoms with Crippen LogP contribution >= 0.6 is 0 Å². The Hall–Kier alpha value is -1.09. The number of aliphatic hydroxyl groups excluding tert-OH is 1. The highest BCUT2D eigenvalue weighted by molar-refractivity contribution is 5.85. The van der Waals surface area contributed by atoms with Gasteiger partial charge in [0, 0.05) is 11.6 Å². The average molecular weight is 318 g/mol. The predicted octanol–water partition coefficient (Wildman–Crippen LogP) is 4.37. The molecule has 128 valence electrons. The number of ether oxygens (including phenoxy) is 1. The molecule has 5 atom stereocenters. The number of fused-ring (bicyclic) bond motifs is 1. The number of aliphatic hydroxyl groups is 1. The van der Waals surface area contributed by atoms with Crippen LogP contribution < -0.4 is 0 Å². The van der Waals surface area contributed by atoms with Gasteiger partial charge in [0.25, 0.3) is 0 Å². The van der Waals surface area contributed by atoms with Crippen LogP contribution in [0.2, 0.25) is 0 Å². The zero-order valence-corrected chi connectivity index (χ0v) is 14.9. The molecule has 0 radical (unpaired) electrons. The van der Waals surface area contributed by atoms with Crippen LogP contribution in [-0.4, -0.2) is 17.4 Å². The van der Waals surface area contributed by atoms with Gasteiger partial charge in [0.2, 0.25) is 6.29 Å². The standard InChI is InChI=1S/C20H30O3/c1-13-6-5-7-16-19(13,3)10-8-14(2)20(16,4)11-9-15-12-17(21)23-18(15)22/h6,12,14,16,18,22H,5,7-11H2,1-4H3/t14-,16+,18-,19+,20+/m1/s1. The van der Waals surface area contributed by atoms with E-state index in [1.54, 1.807) is 5.57 Å². The summed E-state index contributed by atoms with van der Waals surface area (Å²) in [6.07, 6.45) is 9.63. The molecule has 0 aromatic heterocycles. The van der Waals surface area contributed by atoms with Gasteiger partial charge < -0.3 is 9.84 Å². The second-order valence-corrected chi connectivity index (χ2v) is 8.39. The Morgan fingerprint density at radius 1 is 1.35 bits per heavy atom. The molecule has 0 unspecified atom stereocenters. The second kappa shape index (κ2) is 5.77. The van der Waals surface area contributed by atoms with Crippen molar-refractivity contribution in [2.45, 2.75) is 72.5 Å². The molecule has 3 heteroatoms. The lowest BCUT2D eigenvalue weighted by Crippen LogP contribution is -2.49. The number of hydrogen-bond acceptors (Lipinski definition) is 3. The summed E-state index contributed by atoms with van der Waals surface area (Å²) in [5, 5.41) is 9.84. The lowest BCUT2D eigenvalue weighted by molar-refractivity contribution is -0.151. The molecule has 3 rings (SSSR count). The zero-order valence-electron chi connectivity index (χ0n) is 14.9. The summed E-state index contributed by atoms with van der Waals surface area (Å²) in [7, 11) is 0. The lowest BCUT2D eigenvalue weighted by atomic mass is 9.47. The normalized spacial score (nSPS) is 43.5. The van der Waals surface area contributed by atoms with Crippen molar-refractivity contribution in [2.24, 2.45) is 22.7 Å². The first kappa shape index (κ1) is 16.8. The first-order valence-electron chi connectivity index (χ1n) is 9.04. The third kappa shape index (κ3) is 2.67.